The number of nitrogens with one attached hydrogen (secondary N) is 1. The second-order valence-corrected chi connectivity index (χ2v) is 5.97. The van der Waals surface area contributed by atoms with Crippen molar-refractivity contribution < 1.29 is 4.74 Å². The fraction of sp³-hybridized carbons (Fsp3) is 1.00. The van der Waals surface area contributed by atoms with E-state index in [1.165, 1.54) is 51.5 Å². The van der Waals surface area contributed by atoms with E-state index in [-0.39, 0.29) is 0 Å². The van der Waals surface area contributed by atoms with Gasteiger partial charge < -0.3 is 10.1 Å². The van der Waals surface area contributed by atoms with Crippen LogP contribution in [0.15, 0.2) is 0 Å². The van der Waals surface area contributed by atoms with Gasteiger partial charge in [-0.15, -0.1) is 0 Å². The summed E-state index contributed by atoms with van der Waals surface area (Å²) in [6.07, 6.45) is 9.21. The highest BCUT2D eigenvalue weighted by Gasteiger charge is 2.22. The molecule has 18 heavy (non-hydrogen) atoms. The minimum Gasteiger partial charge on any atom is -0.381 e. The first-order valence-electron chi connectivity index (χ1n) is 8.09. The molecule has 0 aliphatic carbocycles. The van der Waals surface area contributed by atoms with Gasteiger partial charge in [-0.2, -0.15) is 0 Å². The van der Waals surface area contributed by atoms with E-state index in [2.05, 4.69) is 26.1 Å². The Labute approximate surface area is 114 Å². The second-order valence-electron chi connectivity index (χ2n) is 5.97. The van der Waals surface area contributed by atoms with Crippen LogP contribution in [0.25, 0.3) is 0 Å². The highest BCUT2D eigenvalue weighted by Crippen LogP contribution is 2.25. The average molecular weight is 255 g/mol. The molecule has 1 heterocycles. The molecule has 1 N–H and O–H groups in total. The van der Waals surface area contributed by atoms with Crippen molar-refractivity contribution in [1.29, 1.82) is 0 Å². The van der Waals surface area contributed by atoms with Gasteiger partial charge in [0.15, 0.2) is 0 Å². The van der Waals surface area contributed by atoms with Crippen LogP contribution in [-0.2, 0) is 4.74 Å². The molecule has 0 bridgehead atoms. The summed E-state index contributed by atoms with van der Waals surface area (Å²) >= 11 is 0. The predicted molar refractivity (Wildman–Crippen MR) is 78.9 cm³/mol. The third kappa shape index (κ3) is 6.19. The zero-order chi connectivity index (χ0) is 13.2. The van der Waals surface area contributed by atoms with Gasteiger partial charge in [-0.05, 0) is 50.5 Å². The van der Waals surface area contributed by atoms with Crippen molar-refractivity contribution in [1.82, 2.24) is 5.32 Å². The number of ether oxygens (including phenoxy) is 1. The quantitative estimate of drug-likeness (QED) is 0.672. The van der Waals surface area contributed by atoms with Crippen LogP contribution in [0.3, 0.4) is 0 Å². The Morgan fingerprint density at radius 2 is 1.89 bits per heavy atom. The van der Waals surface area contributed by atoms with Gasteiger partial charge in [-0.25, -0.2) is 0 Å². The van der Waals surface area contributed by atoms with Gasteiger partial charge in [-0.3, -0.25) is 0 Å². The first kappa shape index (κ1) is 16.0. The number of rotatable bonds is 9. The monoisotopic (exact) mass is 255 g/mol. The molecule has 0 aromatic carbocycles. The molecule has 0 aromatic heterocycles. The van der Waals surface area contributed by atoms with Crippen LogP contribution in [0.4, 0.5) is 0 Å². The number of hydrogen-bond donors (Lipinski definition) is 1. The van der Waals surface area contributed by atoms with Crippen LogP contribution < -0.4 is 5.32 Å². The van der Waals surface area contributed by atoms with Crippen molar-refractivity contribution in [2.75, 3.05) is 19.8 Å². The Balaban J connectivity index is 2.37. The van der Waals surface area contributed by atoms with Crippen LogP contribution >= 0.6 is 0 Å². The topological polar surface area (TPSA) is 21.3 Å². The summed E-state index contributed by atoms with van der Waals surface area (Å²) in [7, 11) is 0. The van der Waals surface area contributed by atoms with Crippen molar-refractivity contribution in [3.8, 4) is 0 Å². The fourth-order valence-corrected chi connectivity index (χ4v) is 2.92. The first-order chi connectivity index (χ1) is 8.77. The SMILES string of the molecule is CCCCC(C)C(CC1CCOCC1)NCCC. The summed E-state index contributed by atoms with van der Waals surface area (Å²) in [5, 5.41) is 3.78. The molecule has 1 rings (SSSR count). The van der Waals surface area contributed by atoms with Crippen LogP contribution in [0, 0.1) is 11.8 Å². The minimum absolute atomic E-state index is 0.722. The van der Waals surface area contributed by atoms with E-state index in [4.69, 9.17) is 4.74 Å². The third-order valence-corrected chi connectivity index (χ3v) is 4.28. The largest absolute Gasteiger partial charge is 0.381 e. The summed E-state index contributed by atoms with van der Waals surface area (Å²) in [5.41, 5.74) is 0. The highest BCUT2D eigenvalue weighted by atomic mass is 16.5. The van der Waals surface area contributed by atoms with E-state index in [0.717, 1.165) is 31.1 Å². The summed E-state index contributed by atoms with van der Waals surface area (Å²) in [4.78, 5) is 0. The van der Waals surface area contributed by atoms with Gasteiger partial charge in [0, 0.05) is 19.3 Å². The van der Waals surface area contributed by atoms with Crippen LogP contribution in [0.2, 0.25) is 0 Å². The van der Waals surface area contributed by atoms with Gasteiger partial charge in [0.05, 0.1) is 0 Å². The molecule has 0 radical (unpaired) electrons. The maximum absolute atomic E-state index is 5.47. The molecule has 2 atom stereocenters. The van der Waals surface area contributed by atoms with E-state index in [1.54, 1.807) is 0 Å². The fourth-order valence-electron chi connectivity index (χ4n) is 2.92. The number of unbranched alkanes of at least 4 members (excludes halogenated alkanes) is 1. The van der Waals surface area contributed by atoms with Crippen molar-refractivity contribution in [2.45, 2.75) is 71.8 Å². The Bertz CT molecular complexity index is 190. The Kier molecular flexibility index (Phi) is 8.70. The van der Waals surface area contributed by atoms with Gasteiger partial charge in [0.25, 0.3) is 0 Å². The molecule has 1 fully saturated rings. The van der Waals surface area contributed by atoms with Crippen molar-refractivity contribution in [3.05, 3.63) is 0 Å². The molecule has 0 spiro atoms. The molecule has 0 saturated carbocycles. The van der Waals surface area contributed by atoms with E-state index in [9.17, 15) is 0 Å². The van der Waals surface area contributed by atoms with Gasteiger partial charge >= 0.3 is 0 Å². The summed E-state index contributed by atoms with van der Waals surface area (Å²) in [5.74, 6) is 1.71. The minimum atomic E-state index is 0.722. The zero-order valence-electron chi connectivity index (χ0n) is 12.7. The summed E-state index contributed by atoms with van der Waals surface area (Å²) in [6.45, 7) is 10.1. The lowest BCUT2D eigenvalue weighted by Gasteiger charge is -2.31. The van der Waals surface area contributed by atoms with Crippen molar-refractivity contribution >= 4 is 0 Å². The lowest BCUT2D eigenvalue weighted by Crippen LogP contribution is -2.38. The Hall–Kier alpha value is -0.0800. The molecule has 1 saturated heterocycles. The smallest absolute Gasteiger partial charge is 0.0468 e. The molecule has 2 nitrogen and oxygen atoms in total. The second kappa shape index (κ2) is 9.80. The van der Waals surface area contributed by atoms with Gasteiger partial charge in [0.2, 0.25) is 0 Å². The highest BCUT2D eigenvalue weighted by molar-refractivity contribution is 4.78. The Morgan fingerprint density at radius 1 is 1.17 bits per heavy atom. The average Bonchev–Trinajstić information content (AvgIpc) is 2.42. The van der Waals surface area contributed by atoms with Crippen molar-refractivity contribution in [3.63, 3.8) is 0 Å². The molecular weight excluding hydrogens is 222 g/mol. The van der Waals surface area contributed by atoms with E-state index in [0.29, 0.717) is 0 Å². The lowest BCUT2D eigenvalue weighted by atomic mass is 9.85. The van der Waals surface area contributed by atoms with Gasteiger partial charge in [0.1, 0.15) is 0 Å². The molecule has 0 amide bonds. The normalized spacial score (nSPS) is 20.8. The zero-order valence-corrected chi connectivity index (χ0v) is 12.7. The summed E-state index contributed by atoms with van der Waals surface area (Å²) in [6, 6.07) is 0.722. The molecule has 2 unspecified atom stereocenters. The van der Waals surface area contributed by atoms with Gasteiger partial charge in [-0.1, -0.05) is 33.6 Å². The molecule has 2 heteroatoms. The predicted octanol–water partition coefficient (Wildman–Crippen LogP) is 4.00. The summed E-state index contributed by atoms with van der Waals surface area (Å²) < 4.78 is 5.47. The molecule has 1 aliphatic heterocycles. The Morgan fingerprint density at radius 3 is 2.50 bits per heavy atom. The maximum atomic E-state index is 5.47. The van der Waals surface area contributed by atoms with E-state index < -0.39 is 0 Å². The lowest BCUT2D eigenvalue weighted by molar-refractivity contribution is 0.0579. The van der Waals surface area contributed by atoms with Crippen LogP contribution in [-0.4, -0.2) is 25.8 Å². The molecule has 108 valence electrons. The van der Waals surface area contributed by atoms with E-state index >= 15 is 0 Å². The standard InChI is InChI=1S/C16H33NO/c1-4-6-7-14(3)16(17-10-5-2)13-15-8-11-18-12-9-15/h14-17H,4-13H2,1-3H3. The van der Waals surface area contributed by atoms with Crippen LogP contribution in [0.1, 0.15) is 65.7 Å². The number of hydrogen-bond acceptors (Lipinski definition) is 2. The first-order valence-corrected chi connectivity index (χ1v) is 8.09. The maximum Gasteiger partial charge on any atom is 0.0468 e. The van der Waals surface area contributed by atoms with Crippen LogP contribution in [0.5, 0.6) is 0 Å². The molecular formula is C16H33NO. The van der Waals surface area contributed by atoms with E-state index in [1.807, 2.05) is 0 Å². The third-order valence-electron chi connectivity index (χ3n) is 4.28. The van der Waals surface area contributed by atoms with Crippen molar-refractivity contribution in [2.24, 2.45) is 11.8 Å². The molecule has 1 aliphatic rings. The molecule has 0 aromatic rings.